The van der Waals surface area contributed by atoms with Crippen LogP contribution in [0.5, 0.6) is 0 Å². The second-order valence-electron chi connectivity index (χ2n) is 5.55. The Balaban J connectivity index is 2.99. The summed E-state index contributed by atoms with van der Waals surface area (Å²) >= 11 is 0. The first kappa shape index (κ1) is 14.7. The molecule has 102 valence electrons. The number of esters is 2. The van der Waals surface area contributed by atoms with E-state index >= 15 is 0 Å². The van der Waals surface area contributed by atoms with Crippen molar-refractivity contribution in [2.24, 2.45) is 11.1 Å². The molecule has 0 heterocycles. The third kappa shape index (κ3) is 2.27. The molecule has 0 amide bonds. The lowest BCUT2D eigenvalue weighted by molar-refractivity contribution is -0.172. The van der Waals surface area contributed by atoms with E-state index in [1.54, 1.807) is 27.7 Å². The molecule has 0 bridgehead atoms. The number of hydrogen-bond donors (Lipinski definition) is 1. The summed E-state index contributed by atoms with van der Waals surface area (Å²) < 4.78 is 10.2. The molecule has 0 aromatic rings. The molecule has 5 nitrogen and oxygen atoms in total. The van der Waals surface area contributed by atoms with E-state index in [1.165, 1.54) is 6.08 Å². The van der Waals surface area contributed by atoms with Crippen molar-refractivity contribution < 1.29 is 19.1 Å². The molecule has 2 N–H and O–H groups in total. The van der Waals surface area contributed by atoms with Gasteiger partial charge in [-0.2, -0.15) is 0 Å². The standard InChI is InChI=1S/C13H21NO4/c1-6-12(14)8-13(12,9(15)17-7-2)10(16)18-11(3,4)5/h6H,1,7-8,14H2,2-5H3/t12-,13+/m1/s1. The Labute approximate surface area is 107 Å². The van der Waals surface area contributed by atoms with Gasteiger partial charge in [0.2, 0.25) is 0 Å². The molecule has 18 heavy (non-hydrogen) atoms. The van der Waals surface area contributed by atoms with Crippen LogP contribution in [0.1, 0.15) is 34.1 Å². The monoisotopic (exact) mass is 255 g/mol. The molecule has 0 aliphatic heterocycles. The van der Waals surface area contributed by atoms with Crippen molar-refractivity contribution in [1.82, 2.24) is 0 Å². The van der Waals surface area contributed by atoms with Crippen LogP contribution in [-0.4, -0.2) is 29.7 Å². The van der Waals surface area contributed by atoms with Crippen LogP contribution < -0.4 is 5.73 Å². The van der Waals surface area contributed by atoms with Crippen LogP contribution in [0.4, 0.5) is 0 Å². The Hall–Kier alpha value is -1.36. The van der Waals surface area contributed by atoms with Crippen LogP contribution in [0.2, 0.25) is 0 Å². The summed E-state index contributed by atoms with van der Waals surface area (Å²) in [5.41, 5.74) is 2.78. The fourth-order valence-corrected chi connectivity index (χ4v) is 1.87. The van der Waals surface area contributed by atoms with E-state index in [0.717, 1.165) is 0 Å². The van der Waals surface area contributed by atoms with Gasteiger partial charge in [0.15, 0.2) is 5.41 Å². The largest absolute Gasteiger partial charge is 0.465 e. The zero-order valence-corrected chi connectivity index (χ0v) is 11.4. The van der Waals surface area contributed by atoms with Crippen molar-refractivity contribution in [3.63, 3.8) is 0 Å². The topological polar surface area (TPSA) is 78.6 Å². The molecule has 1 rings (SSSR count). The summed E-state index contributed by atoms with van der Waals surface area (Å²) in [4.78, 5) is 24.2. The highest BCUT2D eigenvalue weighted by molar-refractivity contribution is 6.07. The molecule has 5 heteroatoms. The Morgan fingerprint density at radius 3 is 2.28 bits per heavy atom. The van der Waals surface area contributed by atoms with Crippen molar-refractivity contribution in [3.05, 3.63) is 12.7 Å². The number of carbonyl (C=O) groups is 2. The summed E-state index contributed by atoms with van der Waals surface area (Å²) in [7, 11) is 0. The second-order valence-corrected chi connectivity index (χ2v) is 5.55. The van der Waals surface area contributed by atoms with Crippen molar-refractivity contribution >= 4 is 11.9 Å². The lowest BCUT2D eigenvalue weighted by Gasteiger charge is -2.24. The molecular formula is C13H21NO4. The Morgan fingerprint density at radius 2 is 1.94 bits per heavy atom. The fraction of sp³-hybridized carbons (Fsp3) is 0.692. The van der Waals surface area contributed by atoms with Crippen LogP contribution in [0, 0.1) is 5.41 Å². The molecular weight excluding hydrogens is 234 g/mol. The van der Waals surface area contributed by atoms with Gasteiger partial charge < -0.3 is 15.2 Å². The zero-order chi connectivity index (χ0) is 14.2. The average Bonchev–Trinajstić information content (AvgIpc) is 2.85. The predicted octanol–water partition coefficient (Wildman–Crippen LogP) is 1.16. The van der Waals surface area contributed by atoms with E-state index in [2.05, 4.69) is 6.58 Å². The summed E-state index contributed by atoms with van der Waals surface area (Å²) in [6, 6.07) is 0. The molecule has 1 aliphatic carbocycles. The highest BCUT2D eigenvalue weighted by atomic mass is 16.6. The zero-order valence-electron chi connectivity index (χ0n) is 11.4. The van der Waals surface area contributed by atoms with Gasteiger partial charge >= 0.3 is 11.9 Å². The summed E-state index contributed by atoms with van der Waals surface area (Å²) in [6.07, 6.45) is 1.59. The first-order valence-corrected chi connectivity index (χ1v) is 5.96. The Morgan fingerprint density at radius 1 is 1.39 bits per heavy atom. The summed E-state index contributed by atoms with van der Waals surface area (Å²) in [6.45, 7) is 10.6. The molecule has 1 fully saturated rings. The SMILES string of the molecule is C=C[C@@]1(N)C[C@]1(C(=O)OCC)C(=O)OC(C)(C)C. The van der Waals surface area contributed by atoms with E-state index in [0.29, 0.717) is 0 Å². The van der Waals surface area contributed by atoms with Gasteiger partial charge in [0.25, 0.3) is 0 Å². The number of carbonyl (C=O) groups excluding carboxylic acids is 2. The molecule has 0 aromatic heterocycles. The third-order valence-corrected chi connectivity index (χ3v) is 2.96. The van der Waals surface area contributed by atoms with Crippen LogP contribution in [0.25, 0.3) is 0 Å². The fourth-order valence-electron chi connectivity index (χ4n) is 1.87. The molecule has 0 aromatic carbocycles. The quantitative estimate of drug-likeness (QED) is 0.463. The van der Waals surface area contributed by atoms with Gasteiger partial charge in [0.1, 0.15) is 5.60 Å². The van der Waals surface area contributed by atoms with Gasteiger partial charge in [0.05, 0.1) is 12.1 Å². The van der Waals surface area contributed by atoms with Gasteiger partial charge in [-0.1, -0.05) is 6.08 Å². The molecule has 1 saturated carbocycles. The minimum atomic E-state index is -1.43. The maximum Gasteiger partial charge on any atom is 0.326 e. The minimum absolute atomic E-state index is 0.178. The number of rotatable bonds is 4. The Kier molecular flexibility index (Phi) is 3.58. The van der Waals surface area contributed by atoms with E-state index in [-0.39, 0.29) is 13.0 Å². The molecule has 1 aliphatic rings. The summed E-state index contributed by atoms with van der Waals surface area (Å²) in [5, 5.41) is 0. The third-order valence-electron chi connectivity index (χ3n) is 2.96. The Bertz CT molecular complexity index is 385. The van der Waals surface area contributed by atoms with Gasteiger partial charge in [-0.3, -0.25) is 9.59 Å². The lowest BCUT2D eigenvalue weighted by atomic mass is 9.99. The number of nitrogens with two attached hydrogens (primary N) is 1. The van der Waals surface area contributed by atoms with E-state index in [1.807, 2.05) is 0 Å². The van der Waals surface area contributed by atoms with Crippen LogP contribution in [-0.2, 0) is 19.1 Å². The molecule has 0 saturated heterocycles. The average molecular weight is 255 g/mol. The van der Waals surface area contributed by atoms with Gasteiger partial charge in [-0.15, -0.1) is 6.58 Å². The molecule has 0 unspecified atom stereocenters. The van der Waals surface area contributed by atoms with Crippen LogP contribution >= 0.6 is 0 Å². The van der Waals surface area contributed by atoms with E-state index in [4.69, 9.17) is 15.2 Å². The van der Waals surface area contributed by atoms with Crippen LogP contribution in [0.15, 0.2) is 12.7 Å². The van der Waals surface area contributed by atoms with E-state index < -0.39 is 28.5 Å². The van der Waals surface area contributed by atoms with E-state index in [9.17, 15) is 9.59 Å². The first-order chi connectivity index (χ1) is 8.13. The highest BCUT2D eigenvalue weighted by Gasteiger charge is 2.76. The van der Waals surface area contributed by atoms with Gasteiger partial charge in [-0.05, 0) is 34.1 Å². The normalized spacial score (nSPS) is 30.5. The molecule has 0 radical (unpaired) electrons. The first-order valence-electron chi connectivity index (χ1n) is 5.96. The van der Waals surface area contributed by atoms with Crippen molar-refractivity contribution in [2.75, 3.05) is 6.61 Å². The maximum atomic E-state index is 12.2. The maximum absolute atomic E-state index is 12.2. The molecule has 0 spiro atoms. The number of ether oxygens (including phenoxy) is 2. The lowest BCUT2D eigenvalue weighted by Crippen LogP contribution is -2.43. The van der Waals surface area contributed by atoms with Crippen molar-refractivity contribution in [3.8, 4) is 0 Å². The molecule has 2 atom stereocenters. The smallest absolute Gasteiger partial charge is 0.326 e. The number of hydrogen-bond acceptors (Lipinski definition) is 5. The van der Waals surface area contributed by atoms with Crippen molar-refractivity contribution in [1.29, 1.82) is 0 Å². The minimum Gasteiger partial charge on any atom is -0.465 e. The van der Waals surface area contributed by atoms with Gasteiger partial charge in [-0.25, -0.2) is 0 Å². The van der Waals surface area contributed by atoms with Gasteiger partial charge in [0, 0.05) is 0 Å². The predicted molar refractivity (Wildman–Crippen MR) is 66.6 cm³/mol. The van der Waals surface area contributed by atoms with Crippen molar-refractivity contribution in [2.45, 2.75) is 45.3 Å². The highest BCUT2D eigenvalue weighted by Crippen LogP contribution is 2.57. The summed E-state index contributed by atoms with van der Waals surface area (Å²) in [5.74, 6) is -1.28. The second kappa shape index (κ2) is 4.39. The van der Waals surface area contributed by atoms with Crippen LogP contribution in [0.3, 0.4) is 0 Å².